The average Bonchev–Trinajstić information content (AvgIpc) is 2.82. The van der Waals surface area contributed by atoms with Crippen molar-refractivity contribution in [2.24, 2.45) is 5.92 Å². The van der Waals surface area contributed by atoms with Gasteiger partial charge in [-0.15, -0.1) is 0 Å². The maximum Gasteiger partial charge on any atom is 0.416 e. The molecule has 1 fully saturated rings. The Morgan fingerprint density at radius 1 is 1.22 bits per heavy atom. The minimum absolute atomic E-state index is 0.0487. The van der Waals surface area contributed by atoms with Crippen LogP contribution in [0.2, 0.25) is 0 Å². The number of alkyl halides is 3. The van der Waals surface area contributed by atoms with Crippen molar-refractivity contribution in [3.05, 3.63) is 59.2 Å². The molecule has 1 aliphatic heterocycles. The molecule has 36 heavy (non-hydrogen) atoms. The Labute approximate surface area is 208 Å². The molecule has 2 aromatic rings. The molecule has 0 saturated heterocycles. The summed E-state index contributed by atoms with van der Waals surface area (Å²) in [7, 11) is -4.40. The van der Waals surface area contributed by atoms with Crippen LogP contribution in [0.1, 0.15) is 56.6 Å². The third-order valence-electron chi connectivity index (χ3n) is 6.52. The van der Waals surface area contributed by atoms with Crippen LogP contribution in [-0.2, 0) is 21.0 Å². The number of carboxylic acid groups (broad SMARTS) is 1. The second-order valence-corrected chi connectivity index (χ2v) is 11.3. The van der Waals surface area contributed by atoms with Crippen molar-refractivity contribution in [3.63, 3.8) is 0 Å². The fourth-order valence-corrected chi connectivity index (χ4v) is 6.28. The Morgan fingerprint density at radius 3 is 2.69 bits per heavy atom. The van der Waals surface area contributed by atoms with Crippen molar-refractivity contribution in [1.29, 1.82) is 0 Å². The predicted octanol–water partition coefficient (Wildman–Crippen LogP) is 6.12. The van der Waals surface area contributed by atoms with E-state index in [1.807, 2.05) is 6.08 Å². The molecule has 2 aromatic carbocycles. The van der Waals surface area contributed by atoms with Gasteiger partial charge in [0.2, 0.25) is 0 Å². The maximum atomic E-state index is 13.6. The number of carboxylic acids is 1. The van der Waals surface area contributed by atoms with E-state index in [0.717, 1.165) is 53.8 Å². The molecule has 0 spiro atoms. The first kappa shape index (κ1) is 26.1. The first-order valence-electron chi connectivity index (χ1n) is 11.9. The van der Waals surface area contributed by atoms with Gasteiger partial charge in [0.25, 0.3) is 10.0 Å². The largest absolute Gasteiger partial charge is 0.486 e. The molecule has 0 bridgehead atoms. The monoisotopic (exact) mass is 523 g/mol. The van der Waals surface area contributed by atoms with Gasteiger partial charge in [0, 0.05) is 6.42 Å². The highest BCUT2D eigenvalue weighted by molar-refractivity contribution is 7.92. The fraction of sp³-hybridized carbons (Fsp3) is 0.423. The Hall–Kier alpha value is -3.01. The number of aliphatic carboxylic acids is 1. The van der Waals surface area contributed by atoms with Crippen molar-refractivity contribution in [2.45, 2.75) is 62.6 Å². The van der Waals surface area contributed by atoms with Gasteiger partial charge in [-0.05, 0) is 67.5 Å². The number of halogens is 3. The molecule has 4 rings (SSSR count). The van der Waals surface area contributed by atoms with Crippen molar-refractivity contribution in [3.8, 4) is 5.75 Å². The zero-order valence-electron chi connectivity index (χ0n) is 19.8. The number of sulfonamides is 1. The standard InChI is InChI=1S/C26H28F3NO5S/c1-17-4-2-5-18(12-17)13-19-8-10-24-23(14-19)30(16-21(35-24)9-11-25(31)32)36(33,34)22-7-3-6-20(15-22)26(27,28)29/h3,6-8,10,13-15,17,21H,2,4-5,9,11-12,16H2,1H3,(H,31,32). The van der Waals surface area contributed by atoms with Crippen LogP contribution in [0.3, 0.4) is 0 Å². The number of nitrogens with zero attached hydrogens (tertiary/aromatic N) is 1. The Kier molecular flexibility index (Phi) is 7.36. The van der Waals surface area contributed by atoms with Gasteiger partial charge in [-0.3, -0.25) is 9.10 Å². The zero-order chi connectivity index (χ0) is 26.1. The molecule has 1 N–H and O–H groups in total. The van der Waals surface area contributed by atoms with Crippen LogP contribution in [-0.4, -0.2) is 32.1 Å². The molecule has 2 aliphatic rings. The molecular formula is C26H28F3NO5S. The number of ether oxygens (including phenoxy) is 1. The minimum Gasteiger partial charge on any atom is -0.486 e. The molecule has 0 amide bonds. The van der Waals surface area contributed by atoms with Gasteiger partial charge in [-0.2, -0.15) is 13.2 Å². The number of hydrogen-bond donors (Lipinski definition) is 1. The van der Waals surface area contributed by atoms with Crippen LogP contribution in [0.5, 0.6) is 5.75 Å². The van der Waals surface area contributed by atoms with Gasteiger partial charge in [-0.25, -0.2) is 8.42 Å². The predicted molar refractivity (Wildman–Crippen MR) is 129 cm³/mol. The molecule has 1 saturated carbocycles. The number of fused-ring (bicyclic) bond motifs is 1. The number of hydrogen-bond acceptors (Lipinski definition) is 4. The first-order valence-corrected chi connectivity index (χ1v) is 13.3. The molecule has 1 heterocycles. The lowest BCUT2D eigenvalue weighted by atomic mass is 9.86. The normalized spacial score (nSPS) is 21.7. The lowest BCUT2D eigenvalue weighted by Gasteiger charge is -2.35. The molecule has 0 aromatic heterocycles. The number of benzene rings is 2. The van der Waals surface area contributed by atoms with Gasteiger partial charge in [0.1, 0.15) is 11.9 Å². The summed E-state index contributed by atoms with van der Waals surface area (Å²) >= 11 is 0. The summed E-state index contributed by atoms with van der Waals surface area (Å²) in [5.74, 6) is -0.245. The average molecular weight is 524 g/mol. The topological polar surface area (TPSA) is 83.9 Å². The van der Waals surface area contributed by atoms with Gasteiger partial charge in [0.05, 0.1) is 22.7 Å². The van der Waals surface area contributed by atoms with Crippen LogP contribution in [0.25, 0.3) is 6.08 Å². The van der Waals surface area contributed by atoms with Crippen LogP contribution in [0.15, 0.2) is 52.9 Å². The van der Waals surface area contributed by atoms with Crippen LogP contribution >= 0.6 is 0 Å². The summed E-state index contributed by atoms with van der Waals surface area (Å²) < 4.78 is 74.1. The highest BCUT2D eigenvalue weighted by atomic mass is 32.2. The Morgan fingerprint density at radius 2 is 2.00 bits per heavy atom. The van der Waals surface area contributed by atoms with E-state index in [9.17, 15) is 26.4 Å². The smallest absolute Gasteiger partial charge is 0.416 e. The Balaban J connectivity index is 1.75. The van der Waals surface area contributed by atoms with Crippen molar-refractivity contribution < 1.29 is 36.2 Å². The highest BCUT2D eigenvalue weighted by Crippen LogP contribution is 2.40. The van der Waals surface area contributed by atoms with Gasteiger partial charge < -0.3 is 9.84 Å². The van der Waals surface area contributed by atoms with Crippen LogP contribution in [0, 0.1) is 5.92 Å². The van der Waals surface area contributed by atoms with E-state index in [-0.39, 0.29) is 30.8 Å². The van der Waals surface area contributed by atoms with E-state index in [0.29, 0.717) is 12.0 Å². The zero-order valence-corrected chi connectivity index (χ0v) is 20.6. The number of rotatable bonds is 6. The lowest BCUT2D eigenvalue weighted by Crippen LogP contribution is -2.43. The molecular weight excluding hydrogens is 495 g/mol. The SMILES string of the molecule is CC1CCCC(=Cc2ccc3c(c2)N(S(=O)(=O)c2cccc(C(F)(F)F)c2)CC(CCC(=O)O)O3)C1. The van der Waals surface area contributed by atoms with Gasteiger partial charge in [0.15, 0.2) is 0 Å². The van der Waals surface area contributed by atoms with Crippen molar-refractivity contribution in [2.75, 3.05) is 10.8 Å². The van der Waals surface area contributed by atoms with E-state index in [2.05, 4.69) is 6.92 Å². The summed E-state index contributed by atoms with van der Waals surface area (Å²) in [6, 6.07) is 8.73. The molecule has 194 valence electrons. The Bertz CT molecular complexity index is 1270. The van der Waals surface area contributed by atoms with E-state index < -0.39 is 38.7 Å². The van der Waals surface area contributed by atoms with E-state index in [1.165, 1.54) is 5.57 Å². The summed E-state index contributed by atoms with van der Waals surface area (Å²) in [5, 5.41) is 9.06. The summed E-state index contributed by atoms with van der Waals surface area (Å²) in [6.45, 7) is 1.98. The molecule has 1 aliphatic carbocycles. The molecule has 2 atom stereocenters. The van der Waals surface area contributed by atoms with E-state index >= 15 is 0 Å². The fourth-order valence-electron chi connectivity index (χ4n) is 4.74. The van der Waals surface area contributed by atoms with Crippen molar-refractivity contribution >= 4 is 27.8 Å². The molecule has 6 nitrogen and oxygen atoms in total. The van der Waals surface area contributed by atoms with Gasteiger partial charge in [-0.1, -0.05) is 37.1 Å². The molecule has 0 radical (unpaired) electrons. The quantitative estimate of drug-likeness (QED) is 0.493. The maximum absolute atomic E-state index is 13.6. The van der Waals surface area contributed by atoms with Crippen molar-refractivity contribution in [1.82, 2.24) is 0 Å². The first-order chi connectivity index (χ1) is 16.9. The van der Waals surface area contributed by atoms with E-state index in [4.69, 9.17) is 9.84 Å². The summed E-state index contributed by atoms with van der Waals surface area (Å²) in [5.41, 5.74) is 1.19. The third kappa shape index (κ3) is 5.86. The second kappa shape index (κ2) is 10.2. The minimum atomic E-state index is -4.70. The summed E-state index contributed by atoms with van der Waals surface area (Å²) in [6.07, 6.45) is 0.540. The van der Waals surface area contributed by atoms with E-state index in [1.54, 1.807) is 18.2 Å². The summed E-state index contributed by atoms with van der Waals surface area (Å²) in [4.78, 5) is 10.6. The number of carbonyl (C=O) groups is 1. The van der Waals surface area contributed by atoms with Gasteiger partial charge >= 0.3 is 12.1 Å². The van der Waals surface area contributed by atoms with Crippen LogP contribution in [0.4, 0.5) is 18.9 Å². The molecule has 2 unspecified atom stereocenters. The number of anilines is 1. The second-order valence-electron chi connectivity index (χ2n) is 9.47. The third-order valence-corrected chi connectivity index (χ3v) is 8.30. The number of allylic oxidation sites excluding steroid dienone is 1. The molecule has 10 heteroatoms. The van der Waals surface area contributed by atoms with Crippen LogP contribution < -0.4 is 9.04 Å². The highest BCUT2D eigenvalue weighted by Gasteiger charge is 2.37. The lowest BCUT2D eigenvalue weighted by molar-refractivity contribution is -0.138.